The van der Waals surface area contributed by atoms with E-state index in [2.05, 4.69) is 5.32 Å². The molecule has 0 aliphatic heterocycles. The van der Waals surface area contributed by atoms with Crippen LogP contribution < -0.4 is 5.32 Å². The maximum atomic E-state index is 12.5. The van der Waals surface area contributed by atoms with Crippen LogP contribution in [0.2, 0.25) is 10.0 Å². The Kier molecular flexibility index (Phi) is 7.23. The summed E-state index contributed by atoms with van der Waals surface area (Å²) in [6.07, 6.45) is 0. The lowest BCUT2D eigenvalue weighted by molar-refractivity contribution is -0.384. The summed E-state index contributed by atoms with van der Waals surface area (Å²) in [6.45, 7) is -0.589. The largest absolute Gasteiger partial charge is 0.452 e. The number of halogens is 2. The molecule has 3 aromatic carbocycles. The number of rotatable bonds is 7. The molecule has 0 saturated carbocycles. The molecule has 0 aromatic heterocycles. The zero-order chi connectivity index (χ0) is 22.4. The molecule has 3 rings (SSSR count). The summed E-state index contributed by atoms with van der Waals surface area (Å²) in [6, 6.07) is 19.2. The SMILES string of the molecule is O=C(COC(=O)c1cc([N+](=O)[O-])ccc1Cl)NC(c1ccccc1)c1ccc(Cl)cc1. The summed E-state index contributed by atoms with van der Waals surface area (Å²) < 4.78 is 5.02. The van der Waals surface area contributed by atoms with Gasteiger partial charge in [-0.05, 0) is 29.3 Å². The second-order valence-electron chi connectivity index (χ2n) is 6.46. The number of nitrogens with zero attached hydrogens (tertiary/aromatic N) is 1. The van der Waals surface area contributed by atoms with Gasteiger partial charge < -0.3 is 10.1 Å². The first-order valence-corrected chi connectivity index (χ1v) is 9.81. The highest BCUT2D eigenvalue weighted by Gasteiger charge is 2.20. The van der Waals surface area contributed by atoms with Crippen LogP contribution in [0.3, 0.4) is 0 Å². The molecule has 0 saturated heterocycles. The van der Waals surface area contributed by atoms with Crippen molar-refractivity contribution in [1.82, 2.24) is 5.32 Å². The van der Waals surface area contributed by atoms with Crippen molar-refractivity contribution in [2.45, 2.75) is 6.04 Å². The summed E-state index contributed by atoms with van der Waals surface area (Å²) in [4.78, 5) is 35.0. The second-order valence-corrected chi connectivity index (χ2v) is 7.30. The molecule has 158 valence electrons. The van der Waals surface area contributed by atoms with Crippen LogP contribution in [0.4, 0.5) is 5.69 Å². The number of ether oxygens (including phenoxy) is 1. The first kappa shape index (κ1) is 22.3. The number of hydrogen-bond donors (Lipinski definition) is 1. The van der Waals surface area contributed by atoms with Crippen molar-refractivity contribution in [3.63, 3.8) is 0 Å². The van der Waals surface area contributed by atoms with E-state index >= 15 is 0 Å². The lowest BCUT2D eigenvalue weighted by atomic mass is 9.99. The predicted molar refractivity (Wildman–Crippen MR) is 116 cm³/mol. The average Bonchev–Trinajstić information content (AvgIpc) is 2.77. The summed E-state index contributed by atoms with van der Waals surface area (Å²) >= 11 is 11.9. The van der Waals surface area contributed by atoms with Gasteiger partial charge >= 0.3 is 5.97 Å². The molecule has 0 spiro atoms. The predicted octanol–water partition coefficient (Wildman–Crippen LogP) is 4.96. The highest BCUT2D eigenvalue weighted by Crippen LogP contribution is 2.24. The molecule has 0 aliphatic rings. The van der Waals surface area contributed by atoms with Gasteiger partial charge in [-0.25, -0.2) is 4.79 Å². The van der Waals surface area contributed by atoms with E-state index in [0.717, 1.165) is 17.2 Å². The Bertz CT molecular complexity index is 1100. The quantitative estimate of drug-likeness (QED) is 0.306. The number of carbonyl (C=O) groups excluding carboxylic acids is 2. The van der Waals surface area contributed by atoms with E-state index in [9.17, 15) is 19.7 Å². The molecule has 31 heavy (non-hydrogen) atoms. The van der Waals surface area contributed by atoms with E-state index in [-0.39, 0.29) is 16.3 Å². The van der Waals surface area contributed by atoms with Gasteiger partial charge in [0.25, 0.3) is 11.6 Å². The molecule has 0 fully saturated rings. The van der Waals surface area contributed by atoms with Crippen LogP contribution in [0, 0.1) is 10.1 Å². The van der Waals surface area contributed by atoms with Gasteiger partial charge in [0.2, 0.25) is 0 Å². The smallest absolute Gasteiger partial charge is 0.340 e. The molecule has 7 nitrogen and oxygen atoms in total. The monoisotopic (exact) mass is 458 g/mol. The van der Waals surface area contributed by atoms with Crippen molar-refractivity contribution in [3.05, 3.63) is 110 Å². The van der Waals surface area contributed by atoms with Crippen LogP contribution in [-0.4, -0.2) is 23.4 Å². The van der Waals surface area contributed by atoms with Gasteiger partial charge in [0, 0.05) is 17.2 Å². The Morgan fingerprint density at radius 1 is 0.968 bits per heavy atom. The lowest BCUT2D eigenvalue weighted by Crippen LogP contribution is -2.33. The average molecular weight is 459 g/mol. The molecular formula is C22H16Cl2N2O5. The van der Waals surface area contributed by atoms with Crippen LogP contribution in [-0.2, 0) is 9.53 Å². The highest BCUT2D eigenvalue weighted by molar-refractivity contribution is 6.33. The lowest BCUT2D eigenvalue weighted by Gasteiger charge is -2.20. The van der Waals surface area contributed by atoms with Gasteiger partial charge in [-0.1, -0.05) is 65.7 Å². The fourth-order valence-corrected chi connectivity index (χ4v) is 3.18. The Hall–Kier alpha value is -3.42. The highest BCUT2D eigenvalue weighted by atomic mass is 35.5. The zero-order valence-corrected chi connectivity index (χ0v) is 17.5. The summed E-state index contributed by atoms with van der Waals surface area (Å²) in [5.74, 6) is -1.50. The van der Waals surface area contributed by atoms with E-state index in [4.69, 9.17) is 27.9 Å². The number of non-ortho nitro benzene ring substituents is 1. The first-order chi connectivity index (χ1) is 14.8. The first-order valence-electron chi connectivity index (χ1n) is 9.06. The van der Waals surface area contributed by atoms with E-state index < -0.39 is 29.4 Å². The van der Waals surface area contributed by atoms with Crippen molar-refractivity contribution >= 4 is 40.8 Å². The van der Waals surface area contributed by atoms with Crippen molar-refractivity contribution in [1.29, 1.82) is 0 Å². The summed E-state index contributed by atoms with van der Waals surface area (Å²) in [7, 11) is 0. The minimum Gasteiger partial charge on any atom is -0.452 e. The number of hydrogen-bond acceptors (Lipinski definition) is 5. The van der Waals surface area contributed by atoms with Crippen LogP contribution in [0.25, 0.3) is 0 Å². The number of amides is 1. The number of esters is 1. The van der Waals surface area contributed by atoms with E-state index in [0.29, 0.717) is 5.02 Å². The van der Waals surface area contributed by atoms with Gasteiger partial charge in [0.1, 0.15) is 0 Å². The van der Waals surface area contributed by atoms with E-state index in [1.165, 1.54) is 12.1 Å². The molecule has 0 heterocycles. The van der Waals surface area contributed by atoms with Crippen molar-refractivity contribution in [2.75, 3.05) is 6.61 Å². The number of carbonyl (C=O) groups is 2. The Labute approximate surface area is 187 Å². The molecule has 1 amide bonds. The molecule has 0 bridgehead atoms. The fraction of sp³-hybridized carbons (Fsp3) is 0.0909. The third kappa shape index (κ3) is 5.81. The molecule has 1 atom stereocenters. The third-order valence-electron chi connectivity index (χ3n) is 4.36. The number of nitro benzene ring substituents is 1. The number of nitrogens with one attached hydrogen (secondary N) is 1. The summed E-state index contributed by atoms with van der Waals surface area (Å²) in [5.41, 5.74) is 1.11. The van der Waals surface area contributed by atoms with Gasteiger partial charge in [-0.3, -0.25) is 14.9 Å². The van der Waals surface area contributed by atoms with Crippen LogP contribution in [0.15, 0.2) is 72.8 Å². The minimum absolute atomic E-state index is 0.0145. The molecule has 0 radical (unpaired) electrons. The van der Waals surface area contributed by atoms with E-state index in [1.54, 1.807) is 24.3 Å². The maximum absolute atomic E-state index is 12.5. The van der Waals surface area contributed by atoms with Crippen LogP contribution in [0.5, 0.6) is 0 Å². The van der Waals surface area contributed by atoms with Crippen LogP contribution >= 0.6 is 23.2 Å². The van der Waals surface area contributed by atoms with Crippen molar-refractivity contribution in [2.24, 2.45) is 0 Å². The molecule has 0 aliphatic carbocycles. The number of benzene rings is 3. The minimum atomic E-state index is -0.938. The van der Waals surface area contributed by atoms with Gasteiger partial charge in [-0.2, -0.15) is 0 Å². The molecule has 1 N–H and O–H groups in total. The van der Waals surface area contributed by atoms with E-state index in [1.807, 2.05) is 30.3 Å². The Morgan fingerprint density at radius 3 is 2.26 bits per heavy atom. The summed E-state index contributed by atoms with van der Waals surface area (Å²) in [5, 5.41) is 14.3. The van der Waals surface area contributed by atoms with Crippen molar-refractivity contribution in [3.8, 4) is 0 Å². The van der Waals surface area contributed by atoms with Gasteiger partial charge in [0.15, 0.2) is 6.61 Å². The van der Waals surface area contributed by atoms with Gasteiger partial charge in [0.05, 0.1) is 21.6 Å². The second kappa shape index (κ2) is 10.1. The number of nitro groups is 1. The molecular weight excluding hydrogens is 443 g/mol. The topological polar surface area (TPSA) is 98.5 Å². The standard InChI is InChI=1S/C22H16Cl2N2O5/c23-16-8-6-15(7-9-16)21(14-4-2-1-3-5-14)25-20(27)13-31-22(28)18-12-17(26(29)30)10-11-19(18)24/h1-12,21H,13H2,(H,25,27). The molecule has 3 aromatic rings. The normalized spacial score (nSPS) is 11.4. The molecule has 1 unspecified atom stereocenters. The third-order valence-corrected chi connectivity index (χ3v) is 4.94. The Balaban J connectivity index is 1.72. The maximum Gasteiger partial charge on any atom is 0.340 e. The molecule has 9 heteroatoms. The fourth-order valence-electron chi connectivity index (χ4n) is 2.85. The van der Waals surface area contributed by atoms with Gasteiger partial charge in [-0.15, -0.1) is 0 Å². The Morgan fingerprint density at radius 2 is 1.61 bits per heavy atom. The van der Waals surface area contributed by atoms with Crippen molar-refractivity contribution < 1.29 is 19.2 Å². The van der Waals surface area contributed by atoms with Crippen LogP contribution in [0.1, 0.15) is 27.5 Å². The zero-order valence-electron chi connectivity index (χ0n) is 16.0.